The summed E-state index contributed by atoms with van der Waals surface area (Å²) in [5, 5.41) is 5.15. The summed E-state index contributed by atoms with van der Waals surface area (Å²) in [7, 11) is 3.43. The Morgan fingerprint density at radius 1 is 1.40 bits per heavy atom. The monoisotopic (exact) mass is 283 g/mol. The number of hydrogen-bond donors (Lipinski definition) is 2. The van der Waals surface area contributed by atoms with Gasteiger partial charge >= 0.3 is 0 Å². The Kier molecular flexibility index (Phi) is 4.54. The number of benzene rings is 1. The zero-order valence-corrected chi connectivity index (χ0v) is 11.7. The van der Waals surface area contributed by atoms with Crippen molar-refractivity contribution in [3.63, 3.8) is 0 Å². The molecule has 1 aromatic carbocycles. The van der Waals surface area contributed by atoms with Gasteiger partial charge in [-0.15, -0.1) is 0 Å². The number of nitrogens with one attached hydrogen (secondary N) is 2. The molecule has 0 aliphatic carbocycles. The van der Waals surface area contributed by atoms with Gasteiger partial charge in [-0.3, -0.25) is 4.79 Å². The van der Waals surface area contributed by atoms with Crippen LogP contribution >= 0.6 is 0 Å². The number of halogens is 2. The summed E-state index contributed by atoms with van der Waals surface area (Å²) in [5.41, 5.74) is -0.225. The van der Waals surface area contributed by atoms with E-state index in [2.05, 4.69) is 15.5 Å². The van der Waals surface area contributed by atoms with Crippen LogP contribution in [0, 0.1) is 11.6 Å². The van der Waals surface area contributed by atoms with E-state index in [1.807, 2.05) is 7.05 Å². The molecule has 1 aromatic rings. The maximum atomic E-state index is 13.6. The first-order valence-corrected chi connectivity index (χ1v) is 6.68. The summed E-state index contributed by atoms with van der Waals surface area (Å²) >= 11 is 0. The molecule has 6 heteroatoms. The Hall–Kier alpha value is -1.69. The fourth-order valence-corrected chi connectivity index (χ4v) is 2.49. The van der Waals surface area contributed by atoms with Crippen LogP contribution in [0.1, 0.15) is 23.2 Å². The van der Waals surface area contributed by atoms with Crippen molar-refractivity contribution in [2.75, 3.05) is 32.5 Å². The lowest BCUT2D eigenvalue weighted by Gasteiger charge is -2.19. The smallest absolute Gasteiger partial charge is 0.251 e. The van der Waals surface area contributed by atoms with Crippen molar-refractivity contribution in [2.24, 2.45) is 0 Å². The summed E-state index contributed by atoms with van der Waals surface area (Å²) in [6.07, 6.45) is 2.13. The number of likely N-dealkylation sites (N-methyl/N-ethyl adjacent to an activating group) is 1. The molecule has 1 heterocycles. The second kappa shape index (κ2) is 6.17. The highest BCUT2D eigenvalue weighted by Crippen LogP contribution is 2.20. The number of anilines is 1. The lowest BCUT2D eigenvalue weighted by Crippen LogP contribution is -2.38. The molecule has 110 valence electrons. The highest BCUT2D eigenvalue weighted by Gasteiger charge is 2.22. The first-order chi connectivity index (χ1) is 9.52. The molecule has 0 saturated carbocycles. The Bertz CT molecular complexity index is 484. The second-order valence-corrected chi connectivity index (χ2v) is 5.05. The van der Waals surface area contributed by atoms with Crippen molar-refractivity contribution >= 4 is 11.6 Å². The average Bonchev–Trinajstić information content (AvgIpc) is 2.81. The van der Waals surface area contributed by atoms with Gasteiger partial charge in [-0.25, -0.2) is 8.78 Å². The zero-order chi connectivity index (χ0) is 14.7. The molecular weight excluding hydrogens is 264 g/mol. The largest absolute Gasteiger partial charge is 0.383 e. The summed E-state index contributed by atoms with van der Waals surface area (Å²) in [5.74, 6) is -1.99. The van der Waals surface area contributed by atoms with Crippen LogP contribution in [0.3, 0.4) is 0 Å². The van der Waals surface area contributed by atoms with Crippen LogP contribution in [0.2, 0.25) is 0 Å². The van der Waals surface area contributed by atoms with Crippen molar-refractivity contribution < 1.29 is 13.6 Å². The van der Waals surface area contributed by atoms with Crippen molar-refractivity contribution in [2.45, 2.75) is 18.9 Å². The normalized spacial score (nSPS) is 19.1. The first kappa shape index (κ1) is 14.7. The van der Waals surface area contributed by atoms with Gasteiger partial charge in [-0.05, 0) is 38.6 Å². The molecule has 4 nitrogen and oxygen atoms in total. The molecule has 1 atom stereocenters. The number of amides is 1. The molecule has 1 aliphatic rings. The molecule has 1 fully saturated rings. The summed E-state index contributed by atoms with van der Waals surface area (Å²) < 4.78 is 27.2. The third-order valence-electron chi connectivity index (χ3n) is 3.72. The minimum atomic E-state index is -0.768. The molecule has 2 rings (SSSR count). The molecule has 1 amide bonds. The second-order valence-electron chi connectivity index (χ2n) is 5.05. The third kappa shape index (κ3) is 3.07. The van der Waals surface area contributed by atoms with Gasteiger partial charge in [0.2, 0.25) is 0 Å². The summed E-state index contributed by atoms with van der Waals surface area (Å²) in [6, 6.07) is 2.39. The average molecular weight is 283 g/mol. The van der Waals surface area contributed by atoms with E-state index >= 15 is 0 Å². The van der Waals surface area contributed by atoms with Gasteiger partial charge in [0.15, 0.2) is 0 Å². The van der Waals surface area contributed by atoms with Gasteiger partial charge in [-0.2, -0.15) is 0 Å². The van der Waals surface area contributed by atoms with Gasteiger partial charge in [0.25, 0.3) is 5.91 Å². The molecule has 1 saturated heterocycles. The van der Waals surface area contributed by atoms with E-state index in [1.54, 1.807) is 0 Å². The fourth-order valence-electron chi connectivity index (χ4n) is 2.49. The van der Waals surface area contributed by atoms with E-state index in [0.717, 1.165) is 31.5 Å². The summed E-state index contributed by atoms with van der Waals surface area (Å²) in [4.78, 5) is 14.1. The van der Waals surface area contributed by atoms with Crippen molar-refractivity contribution in [3.8, 4) is 0 Å². The van der Waals surface area contributed by atoms with Crippen LogP contribution in [-0.2, 0) is 0 Å². The lowest BCUT2D eigenvalue weighted by molar-refractivity contribution is 0.0943. The van der Waals surface area contributed by atoms with Gasteiger partial charge in [0.05, 0.1) is 0 Å². The van der Waals surface area contributed by atoms with Gasteiger partial charge < -0.3 is 15.5 Å². The fraction of sp³-hybridized carbons (Fsp3) is 0.500. The molecule has 1 unspecified atom stereocenters. The standard InChI is InChI=1S/C14H19F2N3O/c1-17-13-11(15)6-9(7-12(13)16)14(20)18-8-10-4-3-5-19(10)2/h6-7,10,17H,3-5,8H2,1-2H3,(H,18,20). The number of carbonyl (C=O) groups is 1. The Morgan fingerprint density at radius 3 is 2.55 bits per heavy atom. The van der Waals surface area contributed by atoms with Crippen molar-refractivity contribution in [1.29, 1.82) is 0 Å². The number of hydrogen-bond acceptors (Lipinski definition) is 3. The maximum Gasteiger partial charge on any atom is 0.251 e. The third-order valence-corrected chi connectivity index (χ3v) is 3.72. The van der Waals surface area contributed by atoms with Crippen LogP contribution in [0.4, 0.5) is 14.5 Å². The highest BCUT2D eigenvalue weighted by atomic mass is 19.1. The number of carbonyl (C=O) groups excluding carboxylic acids is 1. The Balaban J connectivity index is 2.02. The molecule has 1 aliphatic heterocycles. The molecule has 2 N–H and O–H groups in total. The first-order valence-electron chi connectivity index (χ1n) is 6.68. The molecule has 0 aromatic heterocycles. The number of rotatable bonds is 4. The zero-order valence-electron chi connectivity index (χ0n) is 11.7. The SMILES string of the molecule is CNc1c(F)cc(C(=O)NCC2CCCN2C)cc1F. The molecule has 0 bridgehead atoms. The van der Waals surface area contributed by atoms with E-state index in [-0.39, 0.29) is 11.3 Å². The van der Waals surface area contributed by atoms with Gasteiger partial charge in [0.1, 0.15) is 17.3 Å². The molecule has 0 radical (unpaired) electrons. The predicted molar refractivity (Wildman–Crippen MR) is 73.9 cm³/mol. The molecular formula is C14H19F2N3O. The van der Waals surface area contributed by atoms with E-state index in [9.17, 15) is 13.6 Å². The molecule has 20 heavy (non-hydrogen) atoms. The minimum absolute atomic E-state index is 0.000324. The van der Waals surface area contributed by atoms with E-state index in [0.29, 0.717) is 12.6 Å². The Morgan fingerprint density at radius 2 is 2.05 bits per heavy atom. The van der Waals surface area contributed by atoms with Crippen LogP contribution in [-0.4, -0.2) is 44.0 Å². The van der Waals surface area contributed by atoms with Gasteiger partial charge in [0, 0.05) is 25.2 Å². The topological polar surface area (TPSA) is 44.4 Å². The predicted octanol–water partition coefficient (Wildman–Crippen LogP) is 1.83. The van der Waals surface area contributed by atoms with E-state index < -0.39 is 17.5 Å². The Labute approximate surface area is 117 Å². The van der Waals surface area contributed by atoms with Gasteiger partial charge in [-0.1, -0.05) is 0 Å². The maximum absolute atomic E-state index is 13.6. The van der Waals surface area contributed by atoms with E-state index in [4.69, 9.17) is 0 Å². The lowest BCUT2D eigenvalue weighted by atomic mass is 10.1. The van der Waals surface area contributed by atoms with E-state index in [1.165, 1.54) is 7.05 Å². The highest BCUT2D eigenvalue weighted by molar-refractivity contribution is 5.94. The van der Waals surface area contributed by atoms with Crippen LogP contribution in [0.5, 0.6) is 0 Å². The quantitative estimate of drug-likeness (QED) is 0.886. The van der Waals surface area contributed by atoms with Crippen LogP contribution in [0.15, 0.2) is 12.1 Å². The summed E-state index contributed by atoms with van der Waals surface area (Å²) in [6.45, 7) is 1.51. The number of likely N-dealkylation sites (tertiary alicyclic amines) is 1. The van der Waals surface area contributed by atoms with Crippen LogP contribution < -0.4 is 10.6 Å². The minimum Gasteiger partial charge on any atom is -0.383 e. The molecule has 0 spiro atoms. The van der Waals surface area contributed by atoms with Crippen molar-refractivity contribution in [3.05, 3.63) is 29.3 Å². The number of nitrogens with zero attached hydrogens (tertiary/aromatic N) is 1. The van der Waals surface area contributed by atoms with Crippen molar-refractivity contribution in [1.82, 2.24) is 10.2 Å². The van der Waals surface area contributed by atoms with Crippen LogP contribution in [0.25, 0.3) is 0 Å².